The molecule has 5 nitrogen and oxygen atoms in total. The smallest absolute Gasteiger partial charge is 0.300 e. The van der Waals surface area contributed by atoms with Crippen molar-refractivity contribution < 1.29 is 4.79 Å². The topological polar surface area (TPSA) is 64.0 Å². The van der Waals surface area contributed by atoms with Crippen LogP contribution in [0, 0.1) is 6.92 Å². The lowest BCUT2D eigenvalue weighted by Gasteiger charge is -2.04. The summed E-state index contributed by atoms with van der Waals surface area (Å²) in [7, 11) is 0. The van der Waals surface area contributed by atoms with E-state index < -0.39 is 0 Å². The Balaban J connectivity index is 2.03. The number of hydrogen-bond donors (Lipinski definition) is 1. The normalized spacial score (nSPS) is 10.9. The molecule has 0 atom stereocenters. The lowest BCUT2D eigenvalue weighted by molar-refractivity contribution is -0.116. The standard InChI is InChI=1S/C12H15N3O2S2/c1-7(2)9-6-18-11(13-9)14-10(16)4-15-8(3)5-19-12(15)17/h5-7H,4H2,1-3H3,(H,13,14,16). The third-order valence-corrected chi connectivity index (χ3v) is 4.29. The van der Waals surface area contributed by atoms with Crippen LogP contribution in [-0.2, 0) is 11.3 Å². The SMILES string of the molecule is Cc1csc(=O)n1CC(=O)Nc1nc(C(C)C)cs1. The molecule has 0 fully saturated rings. The number of aryl methyl sites for hydroxylation is 1. The molecule has 0 aliphatic heterocycles. The van der Waals surface area contributed by atoms with Crippen molar-refractivity contribution in [1.29, 1.82) is 0 Å². The number of anilines is 1. The third-order valence-electron chi connectivity index (χ3n) is 2.64. The predicted molar refractivity (Wildman–Crippen MR) is 78.1 cm³/mol. The fourth-order valence-electron chi connectivity index (χ4n) is 1.51. The van der Waals surface area contributed by atoms with Gasteiger partial charge < -0.3 is 5.32 Å². The van der Waals surface area contributed by atoms with Crippen molar-refractivity contribution in [3.8, 4) is 0 Å². The highest BCUT2D eigenvalue weighted by Crippen LogP contribution is 2.21. The van der Waals surface area contributed by atoms with Gasteiger partial charge >= 0.3 is 4.87 Å². The zero-order chi connectivity index (χ0) is 14.0. The highest BCUT2D eigenvalue weighted by Gasteiger charge is 2.11. The Bertz CT molecular complexity index is 639. The molecule has 0 aliphatic carbocycles. The summed E-state index contributed by atoms with van der Waals surface area (Å²) in [5.41, 5.74) is 1.76. The van der Waals surface area contributed by atoms with E-state index in [9.17, 15) is 9.59 Å². The van der Waals surface area contributed by atoms with E-state index in [2.05, 4.69) is 24.1 Å². The number of aromatic nitrogens is 2. The number of rotatable bonds is 4. The summed E-state index contributed by atoms with van der Waals surface area (Å²) in [5.74, 6) is 0.108. The zero-order valence-corrected chi connectivity index (χ0v) is 12.6. The van der Waals surface area contributed by atoms with Crippen molar-refractivity contribution in [2.75, 3.05) is 5.32 Å². The second kappa shape index (κ2) is 5.66. The monoisotopic (exact) mass is 297 g/mol. The molecule has 19 heavy (non-hydrogen) atoms. The number of hydrogen-bond acceptors (Lipinski definition) is 5. The lowest BCUT2D eigenvalue weighted by Crippen LogP contribution is -2.25. The highest BCUT2D eigenvalue weighted by atomic mass is 32.1. The fourth-order valence-corrected chi connectivity index (χ4v) is 3.13. The summed E-state index contributed by atoms with van der Waals surface area (Å²) in [4.78, 5) is 27.6. The minimum absolute atomic E-state index is 0.0325. The van der Waals surface area contributed by atoms with Crippen LogP contribution in [0.2, 0.25) is 0 Å². The molecule has 0 saturated heterocycles. The number of nitrogens with zero attached hydrogens (tertiary/aromatic N) is 2. The van der Waals surface area contributed by atoms with Crippen LogP contribution in [0.5, 0.6) is 0 Å². The van der Waals surface area contributed by atoms with E-state index >= 15 is 0 Å². The lowest BCUT2D eigenvalue weighted by atomic mass is 10.2. The molecular formula is C12H15N3O2S2. The molecule has 2 aromatic heterocycles. The summed E-state index contributed by atoms with van der Waals surface area (Å²) in [6.07, 6.45) is 0. The van der Waals surface area contributed by atoms with Gasteiger partial charge in [-0.15, -0.1) is 11.3 Å². The van der Waals surface area contributed by atoms with Crippen molar-refractivity contribution >= 4 is 33.7 Å². The van der Waals surface area contributed by atoms with Crippen molar-refractivity contribution in [2.45, 2.75) is 33.2 Å². The Morgan fingerprint density at radius 2 is 2.16 bits per heavy atom. The molecular weight excluding hydrogens is 282 g/mol. The van der Waals surface area contributed by atoms with Gasteiger partial charge in [-0.2, -0.15) is 0 Å². The van der Waals surface area contributed by atoms with Gasteiger partial charge in [-0.1, -0.05) is 25.2 Å². The third kappa shape index (κ3) is 3.30. The van der Waals surface area contributed by atoms with Crippen molar-refractivity contribution in [1.82, 2.24) is 9.55 Å². The Morgan fingerprint density at radius 3 is 2.68 bits per heavy atom. The van der Waals surface area contributed by atoms with Gasteiger partial charge in [0.2, 0.25) is 5.91 Å². The number of thiazole rings is 2. The maximum absolute atomic E-state index is 11.9. The van der Waals surface area contributed by atoms with Gasteiger partial charge in [0.05, 0.1) is 5.69 Å². The second-order valence-corrected chi connectivity index (χ2v) is 6.19. The van der Waals surface area contributed by atoms with Crippen molar-refractivity contribution in [2.24, 2.45) is 0 Å². The van der Waals surface area contributed by atoms with Crippen LogP contribution in [0.1, 0.15) is 31.2 Å². The maximum atomic E-state index is 11.9. The molecule has 2 heterocycles. The Morgan fingerprint density at radius 1 is 1.42 bits per heavy atom. The second-order valence-electron chi connectivity index (χ2n) is 4.51. The summed E-state index contributed by atoms with van der Waals surface area (Å²) >= 11 is 2.50. The van der Waals surface area contributed by atoms with Gasteiger partial charge in [0.1, 0.15) is 6.54 Å². The zero-order valence-electron chi connectivity index (χ0n) is 11.0. The molecule has 1 N–H and O–H groups in total. The van der Waals surface area contributed by atoms with Crippen LogP contribution in [-0.4, -0.2) is 15.5 Å². The van der Waals surface area contributed by atoms with Crippen LogP contribution in [0.25, 0.3) is 0 Å². The number of amides is 1. The van der Waals surface area contributed by atoms with E-state index in [1.807, 2.05) is 12.3 Å². The average molecular weight is 297 g/mol. The van der Waals surface area contributed by atoms with Gasteiger partial charge in [-0.25, -0.2) is 4.98 Å². The molecule has 7 heteroatoms. The predicted octanol–water partition coefficient (Wildman–Crippen LogP) is 2.44. The van der Waals surface area contributed by atoms with Crippen LogP contribution in [0.4, 0.5) is 5.13 Å². The first-order valence-corrected chi connectivity index (χ1v) is 7.63. The molecule has 0 aliphatic rings. The van der Waals surface area contributed by atoms with Crippen LogP contribution in [0.15, 0.2) is 15.6 Å². The van der Waals surface area contributed by atoms with Crippen molar-refractivity contribution in [3.63, 3.8) is 0 Å². The maximum Gasteiger partial charge on any atom is 0.307 e. The van der Waals surface area contributed by atoms with Crippen LogP contribution >= 0.6 is 22.7 Å². The quantitative estimate of drug-likeness (QED) is 0.942. The fraction of sp³-hybridized carbons (Fsp3) is 0.417. The van der Waals surface area contributed by atoms with E-state index in [1.165, 1.54) is 15.9 Å². The minimum Gasteiger partial charge on any atom is -0.300 e. The Labute approximate surface area is 118 Å². The minimum atomic E-state index is -0.228. The van der Waals surface area contributed by atoms with Crippen LogP contribution < -0.4 is 10.2 Å². The summed E-state index contributed by atoms with van der Waals surface area (Å²) in [6, 6.07) is 0. The molecule has 0 bridgehead atoms. The van der Waals surface area contributed by atoms with Crippen LogP contribution in [0.3, 0.4) is 0 Å². The van der Waals surface area contributed by atoms with Gasteiger partial charge in [0, 0.05) is 16.5 Å². The highest BCUT2D eigenvalue weighted by molar-refractivity contribution is 7.13. The van der Waals surface area contributed by atoms with E-state index in [-0.39, 0.29) is 17.3 Å². The molecule has 0 radical (unpaired) electrons. The van der Waals surface area contributed by atoms with E-state index in [4.69, 9.17) is 0 Å². The molecule has 0 aromatic carbocycles. The molecule has 2 rings (SSSR count). The Kier molecular flexibility index (Phi) is 4.16. The van der Waals surface area contributed by atoms with Gasteiger partial charge in [-0.05, 0) is 12.8 Å². The first-order chi connectivity index (χ1) is 8.97. The largest absolute Gasteiger partial charge is 0.307 e. The summed E-state index contributed by atoms with van der Waals surface area (Å²) in [6.45, 7) is 5.94. The molecule has 0 spiro atoms. The summed E-state index contributed by atoms with van der Waals surface area (Å²) < 4.78 is 1.46. The van der Waals surface area contributed by atoms with E-state index in [1.54, 1.807) is 5.38 Å². The molecule has 102 valence electrons. The molecule has 0 saturated carbocycles. The summed E-state index contributed by atoms with van der Waals surface area (Å²) in [5, 5.41) is 6.98. The van der Waals surface area contributed by atoms with Gasteiger partial charge in [-0.3, -0.25) is 14.2 Å². The average Bonchev–Trinajstić information content (AvgIpc) is 2.91. The van der Waals surface area contributed by atoms with E-state index in [0.29, 0.717) is 11.0 Å². The van der Waals surface area contributed by atoms with Gasteiger partial charge in [0.15, 0.2) is 5.13 Å². The number of carbonyl (C=O) groups is 1. The first-order valence-electron chi connectivity index (χ1n) is 5.87. The number of nitrogens with one attached hydrogen (secondary N) is 1. The molecule has 1 amide bonds. The van der Waals surface area contributed by atoms with Crippen molar-refractivity contribution in [3.05, 3.63) is 31.8 Å². The van der Waals surface area contributed by atoms with Gasteiger partial charge in [0.25, 0.3) is 0 Å². The molecule has 0 unspecified atom stereocenters. The molecule has 2 aromatic rings. The Hall–Kier alpha value is -1.47. The van der Waals surface area contributed by atoms with E-state index in [0.717, 1.165) is 22.7 Å². The first kappa shape index (κ1) is 14.0. The number of carbonyl (C=O) groups excluding carboxylic acids is 1.